The van der Waals surface area contributed by atoms with Crippen LogP contribution >= 0.6 is 22.9 Å². The molecule has 3 fully saturated rings. The van der Waals surface area contributed by atoms with Crippen molar-refractivity contribution in [3.63, 3.8) is 0 Å². The zero-order valence-corrected chi connectivity index (χ0v) is 46.3. The predicted octanol–water partition coefficient (Wildman–Crippen LogP) is 8.39. The third-order valence-electron chi connectivity index (χ3n) is 16.8. The number of aliphatic hydroxyl groups is 1. The third kappa shape index (κ3) is 8.94. The Morgan fingerprint density at radius 2 is 1.87 bits per heavy atom. The number of ether oxygens (including phenoxy) is 4. The molecule has 9 heterocycles. The van der Waals surface area contributed by atoms with E-state index in [1.165, 1.54) is 12.1 Å². The van der Waals surface area contributed by atoms with Crippen molar-refractivity contribution < 1.29 is 46.8 Å². The highest BCUT2D eigenvalue weighted by molar-refractivity contribution is 7.23. The molecular formula is C59H54ClF3N10O8S. The predicted molar refractivity (Wildman–Crippen MR) is 300 cm³/mol. The van der Waals surface area contributed by atoms with E-state index >= 15 is 8.78 Å². The number of aromatic nitrogens is 4. The number of nitrogens with zero attached hydrogens (tertiary/aromatic N) is 9. The lowest BCUT2D eigenvalue weighted by Gasteiger charge is -2.41. The largest absolute Gasteiger partial charge is 0.491 e. The first-order valence-electron chi connectivity index (χ1n) is 27.1. The van der Waals surface area contributed by atoms with Gasteiger partial charge in [-0.15, -0.1) is 11.3 Å². The van der Waals surface area contributed by atoms with E-state index in [0.717, 1.165) is 40.3 Å². The smallest absolute Gasteiger partial charge is 0.343 e. The normalized spacial score (nSPS) is 21.1. The first-order valence-corrected chi connectivity index (χ1v) is 28.3. The van der Waals surface area contributed by atoms with Crippen LogP contribution in [0.25, 0.3) is 54.4 Å². The Kier molecular flexibility index (Phi) is 14.1. The van der Waals surface area contributed by atoms with Crippen LogP contribution in [0.3, 0.4) is 0 Å². The number of fused-ring (bicyclic) bond motifs is 8. The number of anilines is 2. The molecule has 3 saturated heterocycles. The molecule has 12 rings (SSSR count). The lowest BCUT2D eigenvalue weighted by Crippen LogP contribution is -2.56. The van der Waals surface area contributed by atoms with Gasteiger partial charge in [-0.05, 0) is 79.8 Å². The van der Waals surface area contributed by atoms with Gasteiger partial charge in [0, 0.05) is 71.0 Å². The lowest BCUT2D eigenvalue weighted by atomic mass is 9.86. The zero-order valence-electron chi connectivity index (χ0n) is 44.8. The molecule has 0 bridgehead atoms. The summed E-state index contributed by atoms with van der Waals surface area (Å²) in [7, 11) is 0. The minimum atomic E-state index is -1.94. The van der Waals surface area contributed by atoms with Gasteiger partial charge in [0.2, 0.25) is 0 Å². The number of aryl methyl sites for hydroxylation is 1. The number of nitriles is 2. The Morgan fingerprint density at radius 3 is 2.65 bits per heavy atom. The van der Waals surface area contributed by atoms with E-state index in [4.69, 9.17) is 46.3 Å². The summed E-state index contributed by atoms with van der Waals surface area (Å²) in [6.45, 7) is 9.20. The van der Waals surface area contributed by atoms with Crippen LogP contribution < -0.4 is 25.7 Å². The third-order valence-corrected chi connectivity index (χ3v) is 18.2. The van der Waals surface area contributed by atoms with Crippen LogP contribution in [-0.2, 0) is 44.2 Å². The number of halogens is 4. The van der Waals surface area contributed by atoms with Crippen molar-refractivity contribution in [2.24, 2.45) is 0 Å². The number of rotatable bonds is 15. The van der Waals surface area contributed by atoms with E-state index in [1.54, 1.807) is 28.5 Å². The molecule has 0 saturated carbocycles. The number of esters is 1. The molecule has 82 heavy (non-hydrogen) atoms. The van der Waals surface area contributed by atoms with Crippen LogP contribution in [0.1, 0.15) is 73.8 Å². The minimum Gasteiger partial charge on any atom is -0.491 e. The maximum atomic E-state index is 17.5. The van der Waals surface area contributed by atoms with Crippen molar-refractivity contribution in [3.8, 4) is 46.4 Å². The molecule has 5 aliphatic heterocycles. The average molecular weight is 1160 g/mol. The van der Waals surface area contributed by atoms with Crippen molar-refractivity contribution in [2.45, 2.75) is 88.9 Å². The number of benzene rings is 3. The molecule has 4 aromatic heterocycles. The summed E-state index contributed by atoms with van der Waals surface area (Å²) in [5, 5.41) is 32.5. The number of pyridine rings is 2. The van der Waals surface area contributed by atoms with Crippen LogP contribution in [0.4, 0.5) is 24.0 Å². The molecule has 7 aromatic rings. The Morgan fingerprint density at radius 1 is 1.04 bits per heavy atom. The van der Waals surface area contributed by atoms with E-state index in [0.29, 0.717) is 42.0 Å². The van der Waals surface area contributed by atoms with Gasteiger partial charge in [0.05, 0.1) is 81.6 Å². The number of alkyl halides is 1. The first kappa shape index (κ1) is 54.7. The van der Waals surface area contributed by atoms with E-state index in [2.05, 4.69) is 22.5 Å². The highest BCUT2D eigenvalue weighted by atomic mass is 35.5. The molecular weight excluding hydrogens is 1100 g/mol. The van der Waals surface area contributed by atoms with Gasteiger partial charge in [-0.3, -0.25) is 14.5 Å². The standard InChI is InChI=1S/C59H54ClF3N10O8S/c1-4-34-36-19-33(7-10-44(36)67-49-39(34)26-73-45(49)21-41-40(55(73)75)28-80-56(76)59(41,77)5-2)79-18-17-78-27-30(3)54(74)72-16-15-70(25-32(72)11-13-64)53-37-20-42(60)47(35-8-9-43(62)51-46(35)38(23-65)52(66)82-51)48(63)50(37)68-57(69-53)81-29-58-12-6-14-71(58)24-31(61)22-58/h7-10,19-21,31-32,77H,3-6,11-12,14-18,22,24-29,66H2,1-2H3/t31-,32+,58+,59+/m1/s1. The van der Waals surface area contributed by atoms with Gasteiger partial charge in [0.15, 0.2) is 11.4 Å². The summed E-state index contributed by atoms with van der Waals surface area (Å²) >= 11 is 7.85. The first-order chi connectivity index (χ1) is 39.5. The number of hydrogen-bond acceptors (Lipinski definition) is 17. The maximum Gasteiger partial charge on any atom is 0.343 e. The van der Waals surface area contributed by atoms with Crippen LogP contribution in [0.15, 0.2) is 59.4 Å². The Balaban J connectivity index is 0.745. The molecule has 23 heteroatoms. The number of nitrogen functional groups attached to an aromatic ring is 1. The summed E-state index contributed by atoms with van der Waals surface area (Å²) in [6.07, 6.45) is 1.34. The van der Waals surface area contributed by atoms with Gasteiger partial charge >= 0.3 is 12.0 Å². The Labute approximate surface area is 476 Å². The molecule has 0 aliphatic carbocycles. The number of amides is 1. The molecule has 0 spiro atoms. The van der Waals surface area contributed by atoms with Gasteiger partial charge in [-0.2, -0.15) is 20.5 Å². The van der Waals surface area contributed by atoms with Gasteiger partial charge < -0.3 is 44.2 Å². The van der Waals surface area contributed by atoms with Crippen molar-refractivity contribution >= 4 is 77.5 Å². The molecule has 4 atom stereocenters. The molecule has 5 aliphatic rings. The Bertz CT molecular complexity index is 4030. The quantitative estimate of drug-likeness (QED) is 0.0557. The van der Waals surface area contributed by atoms with Gasteiger partial charge in [0.1, 0.15) is 60.0 Å². The number of nitrogens with two attached hydrogens (primary N) is 1. The van der Waals surface area contributed by atoms with Crippen LogP contribution in [0, 0.1) is 34.3 Å². The van der Waals surface area contributed by atoms with Crippen molar-refractivity contribution in [1.82, 2.24) is 29.3 Å². The molecule has 3 N–H and O–H groups in total. The maximum absolute atomic E-state index is 17.5. The topological polar surface area (TPSA) is 235 Å². The number of piperazine rings is 1. The SMILES string of the molecule is C=C(COCCOc1ccc2nc3c(c(CC)c2c1)Cn1c-3cc2c(c1=O)COC(=O)[C@]2(O)CC)C(=O)N1CCN(c2nc(OC[C@@]34CCCN3C[C@H](F)C4)nc3c(F)c(-c4ccc(F)c5sc(N)c(C#N)c45)c(Cl)cc23)C[C@@H]1CC#N. The van der Waals surface area contributed by atoms with Gasteiger partial charge in [-0.25, -0.2) is 22.9 Å². The molecule has 422 valence electrons. The Hall–Kier alpha value is -7.86. The van der Waals surface area contributed by atoms with E-state index in [1.807, 2.05) is 30.0 Å². The second-order valence-corrected chi connectivity index (χ2v) is 22.9. The second kappa shape index (κ2) is 21.2. The second-order valence-electron chi connectivity index (χ2n) is 21.4. The van der Waals surface area contributed by atoms with Crippen molar-refractivity contribution in [3.05, 3.63) is 109 Å². The molecule has 0 unspecified atom stereocenters. The zero-order chi connectivity index (χ0) is 57.5. The number of thiophene rings is 1. The highest BCUT2D eigenvalue weighted by Gasteiger charge is 2.50. The summed E-state index contributed by atoms with van der Waals surface area (Å²) in [5.41, 5.74) is 7.31. The molecule has 3 aromatic carbocycles. The van der Waals surface area contributed by atoms with Gasteiger partial charge in [-0.1, -0.05) is 38.1 Å². The highest BCUT2D eigenvalue weighted by Crippen LogP contribution is 2.47. The molecule has 0 radical (unpaired) electrons. The van der Waals surface area contributed by atoms with Crippen LogP contribution in [0.5, 0.6) is 11.8 Å². The summed E-state index contributed by atoms with van der Waals surface area (Å²) < 4.78 is 72.8. The van der Waals surface area contributed by atoms with Crippen molar-refractivity contribution in [1.29, 1.82) is 10.5 Å². The fraction of sp³-hybridized carbons (Fsp3) is 0.390. The summed E-state index contributed by atoms with van der Waals surface area (Å²) in [6, 6.07) is 14.5. The number of carbonyl (C=O) groups excluding carboxylic acids is 2. The lowest BCUT2D eigenvalue weighted by molar-refractivity contribution is -0.172. The van der Waals surface area contributed by atoms with E-state index < -0.39 is 46.9 Å². The van der Waals surface area contributed by atoms with E-state index in [9.17, 15) is 34.4 Å². The van der Waals surface area contributed by atoms with E-state index in [-0.39, 0.29) is 167 Å². The average Bonchev–Trinajstić information content (AvgIpc) is 2.97. The van der Waals surface area contributed by atoms with Gasteiger partial charge in [0.25, 0.3) is 11.5 Å². The number of carbonyl (C=O) groups is 2. The molecule has 1 amide bonds. The minimum absolute atomic E-state index is 0.0226. The fourth-order valence-electron chi connectivity index (χ4n) is 12.8. The molecule has 18 nitrogen and oxygen atoms in total. The summed E-state index contributed by atoms with van der Waals surface area (Å²) in [5.74, 6) is -2.00. The number of cyclic esters (lactones) is 1. The monoisotopic (exact) mass is 1150 g/mol. The van der Waals surface area contributed by atoms with Crippen molar-refractivity contribution in [2.75, 3.05) is 69.8 Å². The summed E-state index contributed by atoms with van der Waals surface area (Å²) in [4.78, 5) is 60.4. The van der Waals surface area contributed by atoms with Crippen LogP contribution in [-0.4, -0.2) is 123 Å². The fourth-order valence-corrected chi connectivity index (χ4v) is 14.0. The number of hydrogen-bond donors (Lipinski definition) is 2. The van der Waals surface area contributed by atoms with Crippen LogP contribution in [0.2, 0.25) is 5.02 Å².